The molecular formula is C29H42N2O4. The number of esters is 1. The van der Waals surface area contributed by atoms with Gasteiger partial charge in [0.2, 0.25) is 0 Å². The van der Waals surface area contributed by atoms with Gasteiger partial charge < -0.3 is 18.8 Å². The molecule has 0 radical (unpaired) electrons. The predicted molar refractivity (Wildman–Crippen MR) is 138 cm³/mol. The van der Waals surface area contributed by atoms with Crippen LogP contribution in [0.3, 0.4) is 0 Å². The molecule has 0 N–H and O–H groups in total. The average Bonchev–Trinajstić information content (AvgIpc) is 3.37. The second kappa shape index (κ2) is 10.7. The highest BCUT2D eigenvalue weighted by Gasteiger charge is 2.40. The van der Waals surface area contributed by atoms with Gasteiger partial charge in [-0.05, 0) is 86.3 Å². The van der Waals surface area contributed by atoms with E-state index in [4.69, 9.17) is 14.2 Å². The minimum absolute atomic E-state index is 0.120. The molecule has 2 aromatic rings. The summed E-state index contributed by atoms with van der Waals surface area (Å²) in [6.45, 7) is 11.3. The normalized spacial score (nSPS) is 22.4. The van der Waals surface area contributed by atoms with Gasteiger partial charge in [-0.15, -0.1) is 0 Å². The molecule has 0 bridgehead atoms. The van der Waals surface area contributed by atoms with Crippen molar-refractivity contribution in [2.75, 3.05) is 33.9 Å². The topological polar surface area (TPSA) is 52.9 Å². The Bertz CT molecular complexity index is 998. The molecule has 0 aliphatic carbocycles. The van der Waals surface area contributed by atoms with E-state index in [1.807, 2.05) is 24.5 Å². The molecule has 3 heterocycles. The van der Waals surface area contributed by atoms with Crippen LogP contribution in [-0.2, 0) is 21.5 Å². The van der Waals surface area contributed by atoms with Crippen LogP contribution in [0.15, 0.2) is 36.7 Å². The third-order valence-electron chi connectivity index (χ3n) is 7.89. The summed E-state index contributed by atoms with van der Waals surface area (Å²) < 4.78 is 19.2. The molecule has 35 heavy (non-hydrogen) atoms. The van der Waals surface area contributed by atoms with Gasteiger partial charge in [0.15, 0.2) is 11.5 Å². The lowest BCUT2D eigenvalue weighted by Gasteiger charge is -2.47. The molecule has 6 heteroatoms. The molecule has 2 aliphatic heterocycles. The van der Waals surface area contributed by atoms with E-state index in [1.54, 1.807) is 14.2 Å². The Kier molecular flexibility index (Phi) is 7.80. The molecular weight excluding hydrogens is 440 g/mol. The van der Waals surface area contributed by atoms with Gasteiger partial charge in [0, 0.05) is 37.1 Å². The molecule has 0 spiro atoms. The van der Waals surface area contributed by atoms with Gasteiger partial charge in [-0.1, -0.05) is 13.8 Å². The number of hydrogen-bond donors (Lipinski definition) is 0. The number of carbonyl (C=O) groups is 1. The quantitative estimate of drug-likeness (QED) is 0.445. The third kappa shape index (κ3) is 5.69. The van der Waals surface area contributed by atoms with Crippen LogP contribution in [0.25, 0.3) is 0 Å². The number of benzene rings is 1. The zero-order valence-corrected chi connectivity index (χ0v) is 22.3. The second-order valence-electron chi connectivity index (χ2n) is 11.3. The molecule has 1 saturated heterocycles. The van der Waals surface area contributed by atoms with Crippen molar-refractivity contribution in [2.24, 2.45) is 17.8 Å². The Morgan fingerprint density at radius 1 is 1.09 bits per heavy atom. The number of nitrogens with zero attached hydrogens (tertiary/aromatic N) is 2. The smallest absolute Gasteiger partial charge is 0.308 e. The number of rotatable bonds is 9. The number of piperidine rings is 1. The maximum absolute atomic E-state index is 12.9. The van der Waals surface area contributed by atoms with Gasteiger partial charge >= 0.3 is 5.97 Å². The Hall–Kier alpha value is -2.47. The van der Waals surface area contributed by atoms with Crippen molar-refractivity contribution in [3.05, 3.63) is 47.8 Å². The molecule has 1 aromatic carbocycles. The molecule has 3 unspecified atom stereocenters. The Morgan fingerprint density at radius 3 is 2.43 bits per heavy atom. The molecule has 6 nitrogen and oxygen atoms in total. The lowest BCUT2D eigenvalue weighted by Crippen LogP contribution is -2.47. The van der Waals surface area contributed by atoms with E-state index in [0.29, 0.717) is 36.8 Å². The molecule has 192 valence electrons. The molecule has 0 amide bonds. The van der Waals surface area contributed by atoms with Crippen molar-refractivity contribution < 1.29 is 19.0 Å². The van der Waals surface area contributed by atoms with Crippen LogP contribution in [0.1, 0.15) is 64.1 Å². The Labute approximate surface area is 210 Å². The van der Waals surface area contributed by atoms with E-state index in [0.717, 1.165) is 43.9 Å². The molecule has 3 atom stereocenters. The molecule has 0 saturated carbocycles. The highest BCUT2D eigenvalue weighted by Crippen LogP contribution is 2.45. The number of aromatic nitrogens is 1. The zero-order chi connectivity index (χ0) is 25.2. The molecule has 2 aliphatic rings. The van der Waals surface area contributed by atoms with Crippen LogP contribution in [-0.4, -0.2) is 49.4 Å². The summed E-state index contributed by atoms with van der Waals surface area (Å²) in [5.74, 6) is 2.94. The average molecular weight is 483 g/mol. The minimum Gasteiger partial charge on any atom is -0.493 e. The predicted octanol–water partition coefficient (Wildman–Crippen LogP) is 5.46. The summed E-state index contributed by atoms with van der Waals surface area (Å²) in [5, 5.41) is 0. The standard InChI is InChI=1S/C29H42N2O4/c1-20(2)13-22-18-30-12-9-21-15-26(33-5)27(34-6)16-24(21)25(30)14-23(22)19-35-28(32)17-29(3,4)31-10-7-8-11-31/h7-8,10-11,15-16,20,22-23,25H,9,12-14,17-19H2,1-6H3. The summed E-state index contributed by atoms with van der Waals surface area (Å²) in [7, 11) is 3.39. The number of hydrogen-bond acceptors (Lipinski definition) is 5. The van der Waals surface area contributed by atoms with Crippen molar-refractivity contribution in [1.29, 1.82) is 0 Å². The lowest BCUT2D eigenvalue weighted by molar-refractivity contribution is -0.149. The molecule has 1 fully saturated rings. The second-order valence-corrected chi connectivity index (χ2v) is 11.3. The van der Waals surface area contributed by atoms with Crippen LogP contribution < -0.4 is 9.47 Å². The summed E-state index contributed by atoms with van der Waals surface area (Å²) in [4.78, 5) is 15.5. The van der Waals surface area contributed by atoms with Crippen LogP contribution >= 0.6 is 0 Å². The highest BCUT2D eigenvalue weighted by molar-refractivity contribution is 5.70. The summed E-state index contributed by atoms with van der Waals surface area (Å²) in [6, 6.07) is 8.61. The minimum atomic E-state index is -0.306. The monoisotopic (exact) mass is 482 g/mol. The van der Waals surface area contributed by atoms with Crippen LogP contribution in [0.4, 0.5) is 0 Å². The van der Waals surface area contributed by atoms with Crippen molar-refractivity contribution in [1.82, 2.24) is 9.47 Å². The van der Waals surface area contributed by atoms with E-state index in [-0.39, 0.29) is 11.5 Å². The van der Waals surface area contributed by atoms with Crippen molar-refractivity contribution in [3.63, 3.8) is 0 Å². The molecule has 1 aromatic heterocycles. The number of carbonyl (C=O) groups excluding carboxylic acids is 1. The summed E-state index contributed by atoms with van der Waals surface area (Å²) in [6.07, 6.45) is 7.54. The van der Waals surface area contributed by atoms with E-state index in [2.05, 4.69) is 49.3 Å². The first-order valence-electron chi connectivity index (χ1n) is 13.0. The fourth-order valence-corrected chi connectivity index (χ4v) is 6.01. The van der Waals surface area contributed by atoms with Crippen molar-refractivity contribution in [2.45, 2.75) is 65.0 Å². The van der Waals surface area contributed by atoms with Gasteiger partial charge in [-0.2, -0.15) is 0 Å². The summed E-state index contributed by atoms with van der Waals surface area (Å²) >= 11 is 0. The maximum Gasteiger partial charge on any atom is 0.308 e. The van der Waals surface area contributed by atoms with Crippen LogP contribution in [0.2, 0.25) is 0 Å². The van der Waals surface area contributed by atoms with Gasteiger partial charge in [-0.25, -0.2) is 0 Å². The zero-order valence-electron chi connectivity index (χ0n) is 22.3. The lowest BCUT2D eigenvalue weighted by atomic mass is 9.74. The van der Waals surface area contributed by atoms with E-state index in [1.165, 1.54) is 11.1 Å². The van der Waals surface area contributed by atoms with Crippen molar-refractivity contribution >= 4 is 5.97 Å². The SMILES string of the molecule is COc1cc2c(cc1OC)C1CC(COC(=O)CC(C)(C)n3cccc3)C(CC(C)C)CN1CC2. The third-order valence-corrected chi connectivity index (χ3v) is 7.89. The largest absolute Gasteiger partial charge is 0.493 e. The van der Waals surface area contributed by atoms with Gasteiger partial charge in [0.05, 0.1) is 27.2 Å². The Balaban J connectivity index is 1.49. The van der Waals surface area contributed by atoms with Gasteiger partial charge in [0.1, 0.15) is 0 Å². The van der Waals surface area contributed by atoms with E-state index >= 15 is 0 Å². The first-order valence-corrected chi connectivity index (χ1v) is 13.0. The number of methoxy groups -OCH3 is 2. The van der Waals surface area contributed by atoms with Gasteiger partial charge in [0.25, 0.3) is 0 Å². The first-order chi connectivity index (χ1) is 16.7. The van der Waals surface area contributed by atoms with Crippen LogP contribution in [0.5, 0.6) is 11.5 Å². The van der Waals surface area contributed by atoms with E-state index < -0.39 is 0 Å². The maximum atomic E-state index is 12.9. The van der Waals surface area contributed by atoms with Crippen molar-refractivity contribution in [3.8, 4) is 11.5 Å². The van der Waals surface area contributed by atoms with Crippen LogP contribution in [0, 0.1) is 17.8 Å². The highest BCUT2D eigenvalue weighted by atomic mass is 16.5. The fourth-order valence-electron chi connectivity index (χ4n) is 6.01. The first kappa shape index (κ1) is 25.6. The van der Waals surface area contributed by atoms with E-state index in [9.17, 15) is 4.79 Å². The number of ether oxygens (including phenoxy) is 3. The van der Waals surface area contributed by atoms with Gasteiger partial charge in [-0.3, -0.25) is 9.69 Å². The number of fused-ring (bicyclic) bond motifs is 3. The molecule has 4 rings (SSSR count). The Morgan fingerprint density at radius 2 is 1.77 bits per heavy atom. The summed E-state index contributed by atoms with van der Waals surface area (Å²) in [5.41, 5.74) is 2.37. The fraction of sp³-hybridized carbons (Fsp3) is 0.621.